The van der Waals surface area contributed by atoms with Crippen LogP contribution in [0.5, 0.6) is 0 Å². The summed E-state index contributed by atoms with van der Waals surface area (Å²) < 4.78 is 45.2. The highest BCUT2D eigenvalue weighted by Crippen LogP contribution is 2.40. The number of fused-ring (bicyclic) bond motifs is 1. The number of nitrogens with one attached hydrogen (secondary N) is 2. The summed E-state index contributed by atoms with van der Waals surface area (Å²) in [7, 11) is 1.36. The summed E-state index contributed by atoms with van der Waals surface area (Å²) in [5, 5.41) is 23.6. The molecule has 13 heteroatoms. The van der Waals surface area contributed by atoms with Gasteiger partial charge < -0.3 is 15.2 Å². The minimum absolute atomic E-state index is 0.0453. The van der Waals surface area contributed by atoms with Crippen LogP contribution in [-0.2, 0) is 16.1 Å². The van der Waals surface area contributed by atoms with E-state index in [2.05, 4.69) is 30.6 Å². The van der Waals surface area contributed by atoms with E-state index < -0.39 is 24.3 Å². The molecular weight excluding hydrogens is 431 g/mol. The molecule has 4 rings (SSSR count). The number of hydrogen-bond donors (Lipinski definition) is 3. The van der Waals surface area contributed by atoms with E-state index in [0.717, 1.165) is 10.4 Å². The number of ether oxygens (including phenoxy) is 1. The fourth-order valence-corrected chi connectivity index (χ4v) is 3.99. The Hall–Kier alpha value is -3.22. The van der Waals surface area contributed by atoms with Gasteiger partial charge in [-0.3, -0.25) is 5.10 Å². The first-order valence-electron chi connectivity index (χ1n) is 9.98. The standard InChI is InChI=1S/C19H22F3N7O3/c1-10-7-13(28-27-10)24-15-12-8-23-29(9-19(20,21)22)16(12)26-14(25-15)11-3-5-18(32-2,6-4-11)17(30)31/h7-8,11H,3-6,9H2,1-2H3,(H,30,31)(H2,24,25,26,27,28). The Labute approximate surface area is 180 Å². The zero-order valence-electron chi connectivity index (χ0n) is 17.4. The molecule has 0 saturated heterocycles. The Morgan fingerprint density at radius 1 is 1.38 bits per heavy atom. The second kappa shape index (κ2) is 8.04. The number of carboxylic acids is 1. The molecule has 0 radical (unpaired) electrons. The maximum absolute atomic E-state index is 13.0. The third-order valence-corrected chi connectivity index (χ3v) is 5.73. The highest BCUT2D eigenvalue weighted by molar-refractivity contribution is 5.88. The number of halogens is 3. The fraction of sp³-hybridized carbons (Fsp3) is 0.526. The van der Waals surface area contributed by atoms with Gasteiger partial charge in [-0.15, -0.1) is 0 Å². The van der Waals surface area contributed by atoms with Gasteiger partial charge in [0.15, 0.2) is 17.1 Å². The lowest BCUT2D eigenvalue weighted by Crippen LogP contribution is -2.43. The average molecular weight is 453 g/mol. The number of alkyl halides is 3. The highest BCUT2D eigenvalue weighted by atomic mass is 19.4. The lowest BCUT2D eigenvalue weighted by atomic mass is 9.78. The smallest absolute Gasteiger partial charge is 0.408 e. The van der Waals surface area contributed by atoms with Gasteiger partial charge in [-0.05, 0) is 32.6 Å². The van der Waals surface area contributed by atoms with Crippen LogP contribution in [0.15, 0.2) is 12.3 Å². The van der Waals surface area contributed by atoms with Crippen molar-refractivity contribution in [2.24, 2.45) is 0 Å². The van der Waals surface area contributed by atoms with E-state index in [4.69, 9.17) is 4.74 Å². The van der Waals surface area contributed by atoms with Crippen LogP contribution in [-0.4, -0.2) is 59.9 Å². The van der Waals surface area contributed by atoms with Gasteiger partial charge in [0.25, 0.3) is 0 Å². The third kappa shape index (κ3) is 4.24. The summed E-state index contributed by atoms with van der Waals surface area (Å²) in [4.78, 5) is 20.6. The number of hydrogen-bond acceptors (Lipinski definition) is 7. The summed E-state index contributed by atoms with van der Waals surface area (Å²) in [5.41, 5.74) is -0.432. The first kappa shape index (κ1) is 22.0. The predicted molar refractivity (Wildman–Crippen MR) is 107 cm³/mol. The quantitative estimate of drug-likeness (QED) is 0.518. The monoisotopic (exact) mass is 453 g/mol. The van der Waals surface area contributed by atoms with Crippen molar-refractivity contribution in [1.82, 2.24) is 29.9 Å². The second-order valence-corrected chi connectivity index (χ2v) is 7.92. The van der Waals surface area contributed by atoms with Crippen LogP contribution in [0.25, 0.3) is 11.0 Å². The molecule has 0 bridgehead atoms. The molecule has 1 aliphatic carbocycles. The largest absolute Gasteiger partial charge is 0.479 e. The van der Waals surface area contributed by atoms with Crippen LogP contribution < -0.4 is 5.32 Å². The van der Waals surface area contributed by atoms with Crippen LogP contribution in [0.1, 0.15) is 43.1 Å². The summed E-state index contributed by atoms with van der Waals surface area (Å²) in [6, 6.07) is 1.73. The Bertz CT molecular complexity index is 1130. The molecule has 0 unspecified atom stereocenters. The molecule has 1 saturated carbocycles. The number of anilines is 2. The Kier molecular flexibility index (Phi) is 5.53. The van der Waals surface area contributed by atoms with Crippen molar-refractivity contribution in [2.75, 3.05) is 12.4 Å². The SMILES string of the molecule is COC1(C(=O)O)CCC(c2nc(Nc3cc(C)[nH]n3)c3cnn(CC(F)(F)F)c3n2)CC1. The third-order valence-electron chi connectivity index (χ3n) is 5.73. The molecule has 0 spiro atoms. The van der Waals surface area contributed by atoms with Crippen molar-refractivity contribution in [2.45, 2.75) is 56.8 Å². The highest BCUT2D eigenvalue weighted by Gasteiger charge is 2.43. The maximum Gasteiger partial charge on any atom is 0.408 e. The van der Waals surface area contributed by atoms with Crippen molar-refractivity contribution >= 4 is 28.6 Å². The molecule has 10 nitrogen and oxygen atoms in total. The van der Waals surface area contributed by atoms with Crippen LogP contribution in [0.3, 0.4) is 0 Å². The first-order chi connectivity index (χ1) is 15.1. The number of H-pyrrole nitrogens is 1. The number of rotatable bonds is 6. The van der Waals surface area contributed by atoms with E-state index in [1.807, 2.05) is 6.92 Å². The lowest BCUT2D eigenvalue weighted by Gasteiger charge is -2.35. The van der Waals surface area contributed by atoms with E-state index in [1.165, 1.54) is 13.3 Å². The molecule has 0 aromatic carbocycles. The summed E-state index contributed by atoms with van der Waals surface area (Å²) >= 11 is 0. The maximum atomic E-state index is 13.0. The number of aryl methyl sites for hydroxylation is 1. The Morgan fingerprint density at radius 2 is 2.09 bits per heavy atom. The van der Waals surface area contributed by atoms with Crippen molar-refractivity contribution in [3.63, 3.8) is 0 Å². The Morgan fingerprint density at radius 3 is 2.66 bits per heavy atom. The predicted octanol–water partition coefficient (Wildman–Crippen LogP) is 3.29. The van der Waals surface area contributed by atoms with Gasteiger partial charge >= 0.3 is 12.1 Å². The van der Waals surface area contributed by atoms with Gasteiger partial charge in [0, 0.05) is 24.8 Å². The first-order valence-corrected chi connectivity index (χ1v) is 9.98. The van der Waals surface area contributed by atoms with E-state index in [-0.39, 0.29) is 30.2 Å². The second-order valence-electron chi connectivity index (χ2n) is 7.92. The van der Waals surface area contributed by atoms with Gasteiger partial charge in [0.05, 0.1) is 11.6 Å². The zero-order valence-corrected chi connectivity index (χ0v) is 17.4. The van der Waals surface area contributed by atoms with Crippen molar-refractivity contribution in [3.8, 4) is 0 Å². The van der Waals surface area contributed by atoms with Crippen LogP contribution in [0.4, 0.5) is 24.8 Å². The number of carboxylic acid groups (broad SMARTS) is 1. The lowest BCUT2D eigenvalue weighted by molar-refractivity contribution is -0.166. The van der Waals surface area contributed by atoms with Gasteiger partial charge in [-0.1, -0.05) is 0 Å². The molecule has 1 aliphatic rings. The van der Waals surface area contributed by atoms with E-state index >= 15 is 0 Å². The number of methoxy groups -OCH3 is 1. The zero-order chi connectivity index (χ0) is 23.1. The summed E-state index contributed by atoms with van der Waals surface area (Å²) in [6.45, 7) is 0.525. The number of nitrogens with zero attached hydrogens (tertiary/aromatic N) is 5. The number of aromatic amines is 1. The van der Waals surface area contributed by atoms with Crippen LogP contribution in [0, 0.1) is 6.92 Å². The van der Waals surface area contributed by atoms with E-state index in [1.54, 1.807) is 6.07 Å². The molecule has 0 aliphatic heterocycles. The summed E-state index contributed by atoms with van der Waals surface area (Å²) in [6.07, 6.45) is -1.86. The normalized spacial score (nSPS) is 21.7. The van der Waals surface area contributed by atoms with Crippen molar-refractivity contribution in [3.05, 3.63) is 23.8 Å². The van der Waals surface area contributed by atoms with Crippen molar-refractivity contribution in [1.29, 1.82) is 0 Å². The minimum atomic E-state index is -4.47. The molecule has 172 valence electrons. The minimum Gasteiger partial charge on any atom is -0.479 e. The summed E-state index contributed by atoms with van der Waals surface area (Å²) in [5.74, 6) is -0.213. The molecule has 3 aromatic heterocycles. The molecule has 0 amide bonds. The molecule has 3 heterocycles. The molecule has 3 N–H and O–H groups in total. The molecule has 1 fully saturated rings. The van der Waals surface area contributed by atoms with E-state index in [9.17, 15) is 23.1 Å². The molecule has 32 heavy (non-hydrogen) atoms. The van der Waals surface area contributed by atoms with Crippen LogP contribution in [0.2, 0.25) is 0 Å². The van der Waals surface area contributed by atoms with Gasteiger partial charge in [-0.2, -0.15) is 23.4 Å². The average Bonchev–Trinajstić information content (AvgIpc) is 3.32. The Balaban J connectivity index is 1.72. The molecule has 0 atom stereocenters. The molecular formula is C19H22F3N7O3. The number of aromatic nitrogens is 6. The number of carbonyl (C=O) groups is 1. The fourth-order valence-electron chi connectivity index (χ4n) is 3.99. The van der Waals surface area contributed by atoms with Crippen molar-refractivity contribution < 1.29 is 27.8 Å². The molecule has 3 aromatic rings. The van der Waals surface area contributed by atoms with E-state index in [0.29, 0.717) is 29.9 Å². The topological polar surface area (TPSA) is 131 Å². The number of aliphatic carboxylic acids is 1. The van der Waals surface area contributed by atoms with Gasteiger partial charge in [0.1, 0.15) is 18.2 Å². The van der Waals surface area contributed by atoms with Gasteiger partial charge in [-0.25, -0.2) is 19.4 Å². The van der Waals surface area contributed by atoms with Crippen LogP contribution >= 0.6 is 0 Å². The van der Waals surface area contributed by atoms with Gasteiger partial charge in [0.2, 0.25) is 0 Å².